The Hall–Kier alpha value is -15.2. The predicted octanol–water partition coefficient (Wildman–Crippen LogP) is 26.5. The van der Waals surface area contributed by atoms with E-state index in [1.807, 2.05) is 80.7 Å². The molecule has 0 fully saturated rings. The van der Waals surface area contributed by atoms with Gasteiger partial charge in [0.25, 0.3) is 0 Å². The third-order valence-corrected chi connectivity index (χ3v) is 21.1. The lowest BCUT2D eigenvalue weighted by Gasteiger charge is -2.13. The Labute approximate surface area is 661 Å². The normalized spacial score (nSPS) is 11.2. The van der Waals surface area contributed by atoms with Crippen LogP contribution in [0.15, 0.2) is 395 Å². The van der Waals surface area contributed by atoms with Gasteiger partial charge in [0.2, 0.25) is 0 Å². The van der Waals surface area contributed by atoms with Gasteiger partial charge in [0.05, 0.1) is 56.2 Å². The van der Waals surface area contributed by atoms with Crippen molar-refractivity contribution in [3.63, 3.8) is 0 Å². The third kappa shape index (κ3) is 14.4. The van der Waals surface area contributed by atoms with E-state index in [2.05, 4.69) is 327 Å². The lowest BCUT2D eigenvalue weighted by atomic mass is 9.96. The summed E-state index contributed by atoms with van der Waals surface area (Å²) >= 11 is 0. The molecule has 0 saturated heterocycles. The second-order valence-electron chi connectivity index (χ2n) is 28.5. The summed E-state index contributed by atoms with van der Waals surface area (Å²) in [6.07, 6.45) is 3.71. The predicted molar refractivity (Wildman–Crippen MR) is 469 cm³/mol. The summed E-state index contributed by atoms with van der Waals surface area (Å²) in [4.78, 5) is 45.2. The Morgan fingerprint density at radius 2 is 0.465 bits per heavy atom. The Morgan fingerprint density at radius 1 is 0.175 bits per heavy atom. The number of fused-ring (bicyclic) bond motifs is 6. The van der Waals surface area contributed by atoms with E-state index in [4.69, 9.17) is 39.9 Å². The van der Waals surface area contributed by atoms with Gasteiger partial charge in [-0.2, -0.15) is 0 Å². The van der Waals surface area contributed by atoms with Crippen molar-refractivity contribution in [1.82, 2.24) is 44.9 Å². The molecule has 0 N–H and O–H groups in total. The zero-order chi connectivity index (χ0) is 76.3. The van der Waals surface area contributed by atoms with E-state index in [-0.39, 0.29) is 0 Å². The summed E-state index contributed by atoms with van der Waals surface area (Å²) in [6.45, 7) is 4.05. The van der Waals surface area contributed by atoms with E-state index in [0.29, 0.717) is 11.6 Å². The number of rotatable bonds is 14. The number of aromatic nitrogens is 9. The van der Waals surface area contributed by atoms with E-state index >= 15 is 0 Å². The van der Waals surface area contributed by atoms with Crippen LogP contribution >= 0.6 is 0 Å². The summed E-state index contributed by atoms with van der Waals surface area (Å²) in [7, 11) is 0. The van der Waals surface area contributed by atoms with Gasteiger partial charge < -0.3 is 0 Å². The van der Waals surface area contributed by atoms with Crippen LogP contribution in [0.2, 0.25) is 0 Å². The highest BCUT2D eigenvalue weighted by Gasteiger charge is 2.20. The fourth-order valence-corrected chi connectivity index (χ4v) is 15.1. The van der Waals surface area contributed by atoms with Crippen molar-refractivity contribution in [2.45, 2.75) is 13.8 Å². The maximum Gasteiger partial charge on any atom is 0.160 e. The Morgan fingerprint density at radius 3 is 0.877 bits per heavy atom. The Balaban J connectivity index is 0.000000153. The van der Waals surface area contributed by atoms with Crippen molar-refractivity contribution in [2.24, 2.45) is 0 Å². The Bertz CT molecular complexity index is 6490. The summed E-state index contributed by atoms with van der Waals surface area (Å²) in [6, 6.07) is 133. The minimum atomic E-state index is 0.687. The maximum absolute atomic E-state index is 5.27. The summed E-state index contributed by atoms with van der Waals surface area (Å²) in [5.41, 5.74) is 32.5. The van der Waals surface area contributed by atoms with Crippen molar-refractivity contribution in [3.8, 4) is 157 Å². The Kier molecular flexibility index (Phi) is 18.7. The number of hydrogen-bond donors (Lipinski definition) is 0. The number of aryl methyl sites for hydroxylation is 2. The van der Waals surface area contributed by atoms with Crippen molar-refractivity contribution in [1.29, 1.82) is 0 Å². The molecule has 0 radical (unpaired) electrons. The molecule has 9 heteroatoms. The average Bonchev–Trinajstić information content (AvgIpc) is 0.754. The zero-order valence-electron chi connectivity index (χ0n) is 62.6. The minimum Gasteiger partial charge on any atom is -0.264 e. The highest BCUT2D eigenvalue weighted by molar-refractivity contribution is 6.11. The molecule has 0 atom stereocenters. The zero-order valence-corrected chi connectivity index (χ0v) is 62.6. The van der Waals surface area contributed by atoms with Crippen LogP contribution < -0.4 is 0 Å². The van der Waals surface area contributed by atoms with Crippen LogP contribution in [0.4, 0.5) is 0 Å². The molecule has 536 valence electrons. The van der Waals surface area contributed by atoms with Gasteiger partial charge in [-0.25, -0.2) is 29.9 Å². The number of benzene rings is 13. The minimum absolute atomic E-state index is 0.687. The maximum atomic E-state index is 5.27. The van der Waals surface area contributed by atoms with Crippen LogP contribution in [-0.4, -0.2) is 44.9 Å². The first-order valence-corrected chi connectivity index (χ1v) is 38.3. The fraction of sp³-hybridized carbons (Fsp3) is 0.0190. The van der Waals surface area contributed by atoms with E-state index in [1.54, 1.807) is 6.20 Å². The molecule has 0 saturated carbocycles. The second kappa shape index (κ2) is 30.7. The largest absolute Gasteiger partial charge is 0.264 e. The van der Waals surface area contributed by atoms with E-state index in [0.717, 1.165) is 184 Å². The first-order chi connectivity index (χ1) is 56.2. The van der Waals surface area contributed by atoms with E-state index < -0.39 is 0 Å². The fourth-order valence-electron chi connectivity index (χ4n) is 15.1. The molecule has 20 aromatic rings. The summed E-state index contributed by atoms with van der Waals surface area (Å²) < 4.78 is 0. The van der Waals surface area contributed by atoms with E-state index in [9.17, 15) is 0 Å². The van der Waals surface area contributed by atoms with Crippen molar-refractivity contribution < 1.29 is 0 Å². The number of pyridine rings is 5. The first-order valence-electron chi connectivity index (χ1n) is 38.3. The van der Waals surface area contributed by atoms with Gasteiger partial charge in [0, 0.05) is 95.4 Å². The molecule has 0 spiro atoms. The van der Waals surface area contributed by atoms with Crippen LogP contribution in [0.25, 0.3) is 201 Å². The second-order valence-corrected chi connectivity index (χ2v) is 28.5. The number of hydrogen-bond acceptors (Lipinski definition) is 9. The van der Waals surface area contributed by atoms with Crippen molar-refractivity contribution in [2.75, 3.05) is 0 Å². The lowest BCUT2D eigenvalue weighted by molar-refractivity contribution is 1.18. The first kappa shape index (κ1) is 69.3. The third-order valence-electron chi connectivity index (χ3n) is 21.1. The van der Waals surface area contributed by atoms with Crippen LogP contribution in [0.1, 0.15) is 11.4 Å². The van der Waals surface area contributed by atoms with Crippen molar-refractivity contribution in [3.05, 3.63) is 406 Å². The molecule has 0 aliphatic carbocycles. The quantitative estimate of drug-likeness (QED) is 0.0981. The molecular formula is C105H71N9. The molecule has 0 bridgehead atoms. The molecule has 0 aliphatic rings. The lowest BCUT2D eigenvalue weighted by Crippen LogP contribution is -1.96. The molecule has 9 nitrogen and oxygen atoms in total. The molecular weight excluding hydrogens is 1390 g/mol. The molecule has 0 amide bonds. The molecule has 13 aromatic carbocycles. The van der Waals surface area contributed by atoms with Gasteiger partial charge in [-0.1, -0.05) is 328 Å². The standard InChI is InChI=1S/C53H36N4.C52H35N5/c1-35-20-21-42-30-31-46-47(39-14-7-3-8-15-39)33-48(55-52(46)51(42)54-35)40-28-24-38(25-29-40)44-18-11-19-45(32-44)50-34-49(56-53(57-50)43-16-9-4-10-17-43)41-26-22-37(23-27-41)36-12-5-2-6-13-36;1-34-17-18-40-27-28-45-46(44-16-9-29-53-33-44)31-47(55-51(45)50(40)54-34)39-23-19-37(20-24-39)42-14-8-15-43(30-42)49-32-48(38-12-6-3-7-13-38)56-52(57-49)41-25-21-36(22-26-41)35-10-4-2-5-11-35/h2-34H,1H3;2-33H,1H3. The highest BCUT2D eigenvalue weighted by atomic mass is 14.9. The molecule has 20 rings (SSSR count). The summed E-state index contributed by atoms with van der Waals surface area (Å²) in [5, 5.41) is 4.30. The average molecular weight is 1460 g/mol. The van der Waals surface area contributed by atoms with E-state index in [1.165, 1.54) is 16.7 Å². The summed E-state index contributed by atoms with van der Waals surface area (Å²) in [5.74, 6) is 1.38. The monoisotopic (exact) mass is 1460 g/mol. The smallest absolute Gasteiger partial charge is 0.160 e. The molecule has 0 aliphatic heterocycles. The van der Waals surface area contributed by atoms with Gasteiger partial charge in [0.15, 0.2) is 11.6 Å². The number of nitrogens with zero attached hydrogens (tertiary/aromatic N) is 9. The van der Waals surface area contributed by atoms with Gasteiger partial charge in [-0.15, -0.1) is 0 Å². The molecule has 7 aromatic heterocycles. The van der Waals surface area contributed by atoms with Crippen LogP contribution in [0.3, 0.4) is 0 Å². The van der Waals surface area contributed by atoms with Gasteiger partial charge >= 0.3 is 0 Å². The molecule has 7 heterocycles. The van der Waals surface area contributed by atoms with Gasteiger partial charge in [0.1, 0.15) is 0 Å². The van der Waals surface area contributed by atoms with Crippen molar-refractivity contribution >= 4 is 43.6 Å². The van der Waals surface area contributed by atoms with Crippen LogP contribution in [0.5, 0.6) is 0 Å². The topological polar surface area (TPSA) is 116 Å². The molecule has 0 unspecified atom stereocenters. The SMILES string of the molecule is Cc1ccc2ccc3c(-c4ccccc4)cc(-c4ccc(-c5cccc(-c6cc(-c7ccc(-c8ccccc8)cc7)nc(-c7ccccc7)n6)c5)cc4)nc3c2n1.Cc1ccc2ccc3c(-c4cccnc4)cc(-c4ccc(-c5cccc(-c6cc(-c7ccccc7)nc(-c7ccc(-c8ccccc8)cc7)n6)c5)cc4)nc3c2n1. The highest BCUT2D eigenvalue weighted by Crippen LogP contribution is 2.41. The van der Waals surface area contributed by atoms with Crippen LogP contribution in [-0.2, 0) is 0 Å². The van der Waals surface area contributed by atoms with Gasteiger partial charge in [-0.05, 0) is 130 Å². The van der Waals surface area contributed by atoms with Gasteiger partial charge in [-0.3, -0.25) is 15.0 Å². The van der Waals surface area contributed by atoms with Crippen LogP contribution in [0, 0.1) is 13.8 Å². The molecule has 114 heavy (non-hydrogen) atoms.